The standard InChI is InChI=1S/C10H18N4OS/c1-6(2)8(11)5-16-10-13-12-9(15)14(10)7-3-4-7/h6-8H,3-5,11H2,1-2H3,(H,12,15). The van der Waals surface area contributed by atoms with E-state index in [-0.39, 0.29) is 11.7 Å². The van der Waals surface area contributed by atoms with Gasteiger partial charge in [-0.2, -0.15) is 0 Å². The van der Waals surface area contributed by atoms with Gasteiger partial charge in [0.2, 0.25) is 0 Å². The summed E-state index contributed by atoms with van der Waals surface area (Å²) >= 11 is 1.57. The van der Waals surface area contributed by atoms with Crippen molar-refractivity contribution in [3.63, 3.8) is 0 Å². The number of hydrogen-bond donors (Lipinski definition) is 2. The molecule has 1 aliphatic rings. The van der Waals surface area contributed by atoms with Gasteiger partial charge in [-0.15, -0.1) is 5.10 Å². The van der Waals surface area contributed by atoms with Gasteiger partial charge in [0.05, 0.1) is 0 Å². The van der Waals surface area contributed by atoms with Crippen LogP contribution in [0.4, 0.5) is 0 Å². The molecule has 16 heavy (non-hydrogen) atoms. The van der Waals surface area contributed by atoms with Crippen LogP contribution in [0.3, 0.4) is 0 Å². The monoisotopic (exact) mass is 242 g/mol. The maximum atomic E-state index is 11.5. The summed E-state index contributed by atoms with van der Waals surface area (Å²) in [6.07, 6.45) is 2.17. The van der Waals surface area contributed by atoms with E-state index in [1.165, 1.54) is 0 Å². The van der Waals surface area contributed by atoms with E-state index in [1.54, 1.807) is 16.3 Å². The third-order valence-corrected chi connectivity index (χ3v) is 3.94. The van der Waals surface area contributed by atoms with Gasteiger partial charge in [-0.3, -0.25) is 4.57 Å². The molecule has 1 fully saturated rings. The van der Waals surface area contributed by atoms with Gasteiger partial charge in [0.1, 0.15) is 0 Å². The molecule has 1 aromatic heterocycles. The molecule has 1 unspecified atom stereocenters. The van der Waals surface area contributed by atoms with Gasteiger partial charge in [-0.25, -0.2) is 9.89 Å². The van der Waals surface area contributed by atoms with Gasteiger partial charge in [-0.05, 0) is 18.8 Å². The Morgan fingerprint density at radius 1 is 1.62 bits per heavy atom. The lowest BCUT2D eigenvalue weighted by molar-refractivity contribution is 0.534. The van der Waals surface area contributed by atoms with Crippen molar-refractivity contribution < 1.29 is 0 Å². The predicted molar refractivity (Wildman–Crippen MR) is 64.7 cm³/mol. The average Bonchev–Trinajstić information content (AvgIpc) is 3.00. The number of hydrogen-bond acceptors (Lipinski definition) is 4. The zero-order valence-electron chi connectivity index (χ0n) is 9.64. The van der Waals surface area contributed by atoms with Gasteiger partial charge in [0.25, 0.3) is 0 Å². The molecule has 1 aromatic rings. The van der Waals surface area contributed by atoms with Crippen molar-refractivity contribution in [2.45, 2.75) is 43.9 Å². The van der Waals surface area contributed by atoms with E-state index in [0.29, 0.717) is 12.0 Å². The molecule has 1 heterocycles. The normalized spacial score (nSPS) is 18.0. The maximum Gasteiger partial charge on any atom is 0.344 e. The van der Waals surface area contributed by atoms with E-state index < -0.39 is 0 Å². The molecule has 2 rings (SSSR count). The van der Waals surface area contributed by atoms with Crippen molar-refractivity contribution in [2.75, 3.05) is 5.75 Å². The van der Waals surface area contributed by atoms with E-state index in [0.717, 1.165) is 23.8 Å². The third kappa shape index (κ3) is 2.49. The number of H-pyrrole nitrogens is 1. The Morgan fingerprint density at radius 3 is 2.88 bits per heavy atom. The molecule has 0 aromatic carbocycles. The first-order valence-corrected chi connectivity index (χ1v) is 6.63. The van der Waals surface area contributed by atoms with Crippen LogP contribution in [0.5, 0.6) is 0 Å². The van der Waals surface area contributed by atoms with Crippen LogP contribution in [-0.4, -0.2) is 26.6 Å². The van der Waals surface area contributed by atoms with Crippen LogP contribution in [0.2, 0.25) is 0 Å². The number of rotatable bonds is 5. The molecule has 0 aliphatic heterocycles. The quantitative estimate of drug-likeness (QED) is 0.755. The topological polar surface area (TPSA) is 76.7 Å². The molecule has 1 aliphatic carbocycles. The molecule has 0 spiro atoms. The first kappa shape index (κ1) is 11.7. The molecule has 0 saturated heterocycles. The highest BCUT2D eigenvalue weighted by atomic mass is 32.2. The summed E-state index contributed by atoms with van der Waals surface area (Å²) in [5.41, 5.74) is 5.87. The second-order valence-electron chi connectivity index (χ2n) is 4.63. The van der Waals surface area contributed by atoms with Gasteiger partial charge < -0.3 is 5.73 Å². The van der Waals surface area contributed by atoms with Crippen molar-refractivity contribution in [3.05, 3.63) is 10.5 Å². The Hall–Kier alpha value is -0.750. The fourth-order valence-corrected chi connectivity index (χ4v) is 2.62. The van der Waals surface area contributed by atoms with Crippen LogP contribution >= 0.6 is 11.8 Å². The van der Waals surface area contributed by atoms with Crippen LogP contribution in [0.1, 0.15) is 32.7 Å². The number of aromatic amines is 1. The summed E-state index contributed by atoms with van der Waals surface area (Å²) < 4.78 is 1.76. The lowest BCUT2D eigenvalue weighted by Crippen LogP contribution is -2.29. The smallest absolute Gasteiger partial charge is 0.327 e. The molecule has 1 atom stereocenters. The molecule has 0 radical (unpaired) electrons. The van der Waals surface area contributed by atoms with Crippen molar-refractivity contribution >= 4 is 11.8 Å². The van der Waals surface area contributed by atoms with E-state index in [4.69, 9.17) is 5.73 Å². The highest BCUT2D eigenvalue weighted by molar-refractivity contribution is 7.99. The summed E-state index contributed by atoms with van der Waals surface area (Å²) in [7, 11) is 0. The largest absolute Gasteiger partial charge is 0.344 e. The lowest BCUT2D eigenvalue weighted by Gasteiger charge is -2.14. The van der Waals surface area contributed by atoms with Crippen LogP contribution in [0, 0.1) is 5.92 Å². The van der Waals surface area contributed by atoms with Crippen molar-refractivity contribution in [1.82, 2.24) is 14.8 Å². The minimum Gasteiger partial charge on any atom is -0.327 e. The average molecular weight is 242 g/mol. The molecule has 6 heteroatoms. The SMILES string of the molecule is CC(C)C(N)CSc1n[nH]c(=O)n1C1CC1. The van der Waals surface area contributed by atoms with Crippen molar-refractivity contribution in [1.29, 1.82) is 0 Å². The fourth-order valence-electron chi connectivity index (χ4n) is 1.41. The second kappa shape index (κ2) is 4.63. The van der Waals surface area contributed by atoms with E-state index in [2.05, 4.69) is 24.0 Å². The van der Waals surface area contributed by atoms with Crippen molar-refractivity contribution in [3.8, 4) is 0 Å². The first-order valence-electron chi connectivity index (χ1n) is 5.65. The minimum absolute atomic E-state index is 0.0943. The predicted octanol–water partition coefficient (Wildman–Crippen LogP) is 0.982. The summed E-state index contributed by atoms with van der Waals surface area (Å²) in [5.74, 6) is 1.25. The zero-order valence-corrected chi connectivity index (χ0v) is 10.5. The van der Waals surface area contributed by atoms with Crippen LogP contribution in [0.25, 0.3) is 0 Å². The number of nitrogens with zero attached hydrogens (tertiary/aromatic N) is 2. The zero-order chi connectivity index (χ0) is 11.7. The van der Waals surface area contributed by atoms with Crippen LogP contribution < -0.4 is 11.4 Å². The molecular weight excluding hydrogens is 224 g/mol. The lowest BCUT2D eigenvalue weighted by atomic mass is 10.1. The first-order chi connectivity index (χ1) is 7.59. The van der Waals surface area contributed by atoms with Crippen LogP contribution in [0.15, 0.2) is 9.95 Å². The van der Waals surface area contributed by atoms with Crippen LogP contribution in [-0.2, 0) is 0 Å². The number of nitrogens with one attached hydrogen (secondary N) is 1. The minimum atomic E-state index is -0.0943. The Bertz CT molecular complexity index is 407. The molecule has 90 valence electrons. The summed E-state index contributed by atoms with van der Waals surface area (Å²) in [5, 5.41) is 7.33. The summed E-state index contributed by atoms with van der Waals surface area (Å²) in [6, 6.07) is 0.508. The highest BCUT2D eigenvalue weighted by Crippen LogP contribution is 2.36. The highest BCUT2D eigenvalue weighted by Gasteiger charge is 2.28. The van der Waals surface area contributed by atoms with Gasteiger partial charge in [0.15, 0.2) is 5.16 Å². The molecular formula is C10H18N4OS. The molecule has 3 N–H and O–H groups in total. The van der Waals surface area contributed by atoms with Gasteiger partial charge in [0, 0.05) is 17.8 Å². The Kier molecular flexibility index (Phi) is 3.39. The van der Waals surface area contributed by atoms with E-state index in [9.17, 15) is 4.79 Å². The molecule has 0 bridgehead atoms. The molecule has 0 amide bonds. The van der Waals surface area contributed by atoms with Gasteiger partial charge in [-0.1, -0.05) is 25.6 Å². The third-order valence-electron chi connectivity index (χ3n) is 2.85. The Balaban J connectivity index is 2.01. The van der Waals surface area contributed by atoms with Gasteiger partial charge >= 0.3 is 5.69 Å². The number of nitrogens with two attached hydrogens (primary N) is 1. The van der Waals surface area contributed by atoms with E-state index in [1.807, 2.05) is 0 Å². The fraction of sp³-hybridized carbons (Fsp3) is 0.800. The maximum absolute atomic E-state index is 11.5. The second-order valence-corrected chi connectivity index (χ2v) is 5.62. The van der Waals surface area contributed by atoms with E-state index >= 15 is 0 Å². The van der Waals surface area contributed by atoms with Crippen molar-refractivity contribution in [2.24, 2.45) is 11.7 Å². The summed E-state index contributed by atoms with van der Waals surface area (Å²) in [4.78, 5) is 11.5. The molecule has 5 nitrogen and oxygen atoms in total. The Morgan fingerprint density at radius 2 is 2.31 bits per heavy atom. The summed E-state index contributed by atoms with van der Waals surface area (Å²) in [6.45, 7) is 4.20. The Labute approximate surface area is 98.8 Å². The molecule has 1 saturated carbocycles. The number of thioether (sulfide) groups is 1. The number of aromatic nitrogens is 3.